The Morgan fingerprint density at radius 3 is 2.10 bits per heavy atom. The maximum absolute atomic E-state index is 14.0. The van der Waals surface area contributed by atoms with Gasteiger partial charge in [0, 0.05) is 18.1 Å². The second kappa shape index (κ2) is 13.6. The lowest BCUT2D eigenvalue weighted by molar-refractivity contribution is -0.140. The summed E-state index contributed by atoms with van der Waals surface area (Å²) in [5, 5.41) is 3.33. The number of nitrogens with zero attached hydrogens (tertiary/aromatic N) is 2. The van der Waals surface area contributed by atoms with Crippen molar-refractivity contribution in [1.82, 2.24) is 10.2 Å². The highest BCUT2D eigenvalue weighted by molar-refractivity contribution is 7.92. The SMILES string of the molecule is CCC(C(=O)NCC(C)C)N(Cc1ccc(C)cc1)C(=O)CN(c1ccccc1)S(=O)(=O)c1ccc(Cl)cc1. The summed E-state index contributed by atoms with van der Waals surface area (Å²) in [6, 6.07) is 21.2. The van der Waals surface area contributed by atoms with E-state index in [2.05, 4.69) is 5.32 Å². The van der Waals surface area contributed by atoms with E-state index in [9.17, 15) is 18.0 Å². The number of anilines is 1. The van der Waals surface area contributed by atoms with Crippen molar-refractivity contribution >= 4 is 39.1 Å². The van der Waals surface area contributed by atoms with Crippen molar-refractivity contribution in [3.05, 3.63) is 95.0 Å². The fraction of sp³-hybridized carbons (Fsp3) is 0.333. The standard InChI is InChI=1S/C30H36ClN3O4S/c1-5-28(30(36)32-19-22(2)3)33(20-24-13-11-23(4)12-14-24)29(35)21-34(26-9-7-6-8-10-26)39(37,38)27-17-15-25(31)16-18-27/h6-18,22,28H,5,19-21H2,1-4H3,(H,32,36). The molecule has 0 heterocycles. The van der Waals surface area contributed by atoms with E-state index in [0.29, 0.717) is 23.7 Å². The first kappa shape index (κ1) is 30.2. The van der Waals surface area contributed by atoms with Crippen molar-refractivity contribution in [2.24, 2.45) is 5.92 Å². The largest absolute Gasteiger partial charge is 0.354 e. The van der Waals surface area contributed by atoms with Crippen LogP contribution in [0.2, 0.25) is 5.02 Å². The topological polar surface area (TPSA) is 86.8 Å². The predicted octanol–water partition coefficient (Wildman–Crippen LogP) is 5.42. The molecule has 0 aliphatic heterocycles. The van der Waals surface area contributed by atoms with Crippen molar-refractivity contribution < 1.29 is 18.0 Å². The van der Waals surface area contributed by atoms with Crippen molar-refractivity contribution in [3.63, 3.8) is 0 Å². The van der Waals surface area contributed by atoms with E-state index >= 15 is 0 Å². The van der Waals surface area contributed by atoms with Crippen LogP contribution in [0.4, 0.5) is 5.69 Å². The molecule has 1 atom stereocenters. The van der Waals surface area contributed by atoms with Gasteiger partial charge in [0.05, 0.1) is 10.6 Å². The summed E-state index contributed by atoms with van der Waals surface area (Å²) in [5.74, 6) is -0.507. The quantitative estimate of drug-likeness (QED) is 0.315. The first-order chi connectivity index (χ1) is 18.5. The Kier molecular flexibility index (Phi) is 10.5. The van der Waals surface area contributed by atoms with Gasteiger partial charge in [-0.3, -0.25) is 13.9 Å². The molecule has 0 aliphatic rings. The summed E-state index contributed by atoms with van der Waals surface area (Å²) in [6.45, 7) is 7.97. The Balaban J connectivity index is 2.01. The molecule has 1 N–H and O–H groups in total. The number of nitrogens with one attached hydrogen (secondary N) is 1. The van der Waals surface area contributed by atoms with Crippen LogP contribution in [0.5, 0.6) is 0 Å². The summed E-state index contributed by atoms with van der Waals surface area (Å²) in [4.78, 5) is 28.7. The Hall–Kier alpha value is -3.36. The molecule has 2 amide bonds. The highest BCUT2D eigenvalue weighted by atomic mass is 35.5. The van der Waals surface area contributed by atoms with Crippen LogP contribution in [0, 0.1) is 12.8 Å². The summed E-state index contributed by atoms with van der Waals surface area (Å²) in [7, 11) is -4.13. The van der Waals surface area contributed by atoms with Gasteiger partial charge in [0.15, 0.2) is 0 Å². The molecule has 0 spiro atoms. The Morgan fingerprint density at radius 1 is 0.923 bits per heavy atom. The first-order valence-corrected chi connectivity index (χ1v) is 14.8. The molecule has 9 heteroatoms. The number of hydrogen-bond donors (Lipinski definition) is 1. The maximum atomic E-state index is 14.0. The predicted molar refractivity (Wildman–Crippen MR) is 156 cm³/mol. The molecule has 0 saturated carbocycles. The monoisotopic (exact) mass is 569 g/mol. The molecule has 0 aliphatic carbocycles. The van der Waals surface area contributed by atoms with Crippen molar-refractivity contribution in [1.29, 1.82) is 0 Å². The molecule has 1 unspecified atom stereocenters. The molecule has 0 bridgehead atoms. The molecule has 0 fully saturated rings. The highest BCUT2D eigenvalue weighted by Crippen LogP contribution is 2.25. The van der Waals surface area contributed by atoms with Gasteiger partial charge in [0.25, 0.3) is 10.0 Å². The Morgan fingerprint density at radius 2 is 1.54 bits per heavy atom. The van der Waals surface area contributed by atoms with E-state index in [0.717, 1.165) is 15.4 Å². The number of halogens is 1. The molecular formula is C30H36ClN3O4S. The lowest BCUT2D eigenvalue weighted by atomic mass is 10.1. The van der Waals surface area contributed by atoms with Crippen LogP contribution in [-0.2, 0) is 26.2 Å². The van der Waals surface area contributed by atoms with Crippen LogP contribution in [-0.4, -0.2) is 44.3 Å². The Labute approximate surface area is 236 Å². The van der Waals surface area contributed by atoms with E-state index < -0.39 is 28.5 Å². The summed E-state index contributed by atoms with van der Waals surface area (Å²) < 4.78 is 28.6. The van der Waals surface area contributed by atoms with Gasteiger partial charge in [-0.25, -0.2) is 8.42 Å². The molecular weight excluding hydrogens is 534 g/mol. The molecule has 39 heavy (non-hydrogen) atoms. The number of hydrogen-bond acceptors (Lipinski definition) is 4. The number of para-hydroxylation sites is 1. The molecule has 0 radical (unpaired) electrons. The zero-order valence-electron chi connectivity index (χ0n) is 22.8. The summed E-state index contributed by atoms with van der Waals surface area (Å²) >= 11 is 5.99. The lowest BCUT2D eigenvalue weighted by Crippen LogP contribution is -2.52. The number of carbonyl (C=O) groups is 2. The molecule has 7 nitrogen and oxygen atoms in total. The molecule has 208 valence electrons. The van der Waals surface area contributed by atoms with Gasteiger partial charge in [-0.15, -0.1) is 0 Å². The molecule has 3 aromatic rings. The van der Waals surface area contributed by atoms with Crippen molar-refractivity contribution in [3.8, 4) is 0 Å². The van der Waals surface area contributed by atoms with Gasteiger partial charge in [0.1, 0.15) is 12.6 Å². The minimum Gasteiger partial charge on any atom is -0.354 e. The average molecular weight is 570 g/mol. The first-order valence-electron chi connectivity index (χ1n) is 13.0. The average Bonchev–Trinajstić information content (AvgIpc) is 2.92. The maximum Gasteiger partial charge on any atom is 0.264 e. The van der Waals surface area contributed by atoms with Gasteiger partial charge >= 0.3 is 0 Å². The van der Waals surface area contributed by atoms with E-state index in [1.165, 1.54) is 29.2 Å². The van der Waals surface area contributed by atoms with Crippen LogP contribution < -0.4 is 9.62 Å². The van der Waals surface area contributed by atoms with Gasteiger partial charge in [-0.1, -0.05) is 80.4 Å². The number of benzene rings is 3. The van der Waals surface area contributed by atoms with Crippen LogP contribution in [0.25, 0.3) is 0 Å². The molecule has 3 aromatic carbocycles. The second-order valence-corrected chi connectivity index (χ2v) is 12.2. The fourth-order valence-corrected chi connectivity index (χ4v) is 5.63. The molecule has 3 rings (SSSR count). The van der Waals surface area contributed by atoms with Crippen molar-refractivity contribution in [2.45, 2.75) is 51.6 Å². The zero-order chi connectivity index (χ0) is 28.6. The van der Waals surface area contributed by atoms with Gasteiger partial charge in [-0.05, 0) is 61.2 Å². The van der Waals surface area contributed by atoms with Crippen LogP contribution in [0.15, 0.2) is 83.8 Å². The number of sulfonamides is 1. The van der Waals surface area contributed by atoms with E-state index in [1.807, 2.05) is 52.0 Å². The highest BCUT2D eigenvalue weighted by Gasteiger charge is 2.33. The number of aryl methyl sites for hydroxylation is 1. The van der Waals surface area contributed by atoms with Crippen molar-refractivity contribution in [2.75, 3.05) is 17.4 Å². The van der Waals surface area contributed by atoms with E-state index in [-0.39, 0.29) is 23.3 Å². The third-order valence-electron chi connectivity index (χ3n) is 6.27. The number of carbonyl (C=O) groups excluding carboxylic acids is 2. The normalized spacial score (nSPS) is 12.2. The molecule has 0 saturated heterocycles. The van der Waals surface area contributed by atoms with Gasteiger partial charge < -0.3 is 10.2 Å². The van der Waals surface area contributed by atoms with Crippen LogP contribution in [0.3, 0.4) is 0 Å². The van der Waals surface area contributed by atoms with Crippen LogP contribution >= 0.6 is 11.6 Å². The minimum absolute atomic E-state index is 0.00959. The Bertz CT molecular complexity index is 1350. The molecule has 0 aromatic heterocycles. The summed E-state index contributed by atoms with van der Waals surface area (Å²) in [6.07, 6.45) is 0.372. The third-order valence-corrected chi connectivity index (χ3v) is 8.31. The van der Waals surface area contributed by atoms with Crippen LogP contribution in [0.1, 0.15) is 38.3 Å². The second-order valence-electron chi connectivity index (χ2n) is 9.87. The zero-order valence-corrected chi connectivity index (χ0v) is 24.4. The summed E-state index contributed by atoms with van der Waals surface area (Å²) in [5.41, 5.74) is 2.26. The van der Waals surface area contributed by atoms with Gasteiger partial charge in [0.2, 0.25) is 11.8 Å². The van der Waals surface area contributed by atoms with Gasteiger partial charge in [-0.2, -0.15) is 0 Å². The van der Waals surface area contributed by atoms with E-state index in [1.54, 1.807) is 30.3 Å². The lowest BCUT2D eigenvalue weighted by Gasteiger charge is -2.33. The minimum atomic E-state index is -4.13. The van der Waals surface area contributed by atoms with E-state index in [4.69, 9.17) is 11.6 Å². The smallest absolute Gasteiger partial charge is 0.264 e. The number of rotatable bonds is 12. The fourth-order valence-electron chi connectivity index (χ4n) is 4.09. The number of amides is 2. The third kappa shape index (κ3) is 8.07.